The molecule has 0 fully saturated rings. The fourth-order valence-electron chi connectivity index (χ4n) is 6.79. The zero-order valence-corrected chi connectivity index (χ0v) is 40.3. The SMILES string of the molecule is N.NC(=O)c1nn(Cc2c(Cl)cccc2Cl)c2ccccc12.NO.O.O=C(Cl)c1nn(Cc2c(Cl)cccc2Cl)c2ccccc12.O=C(NO)c1nn(Cc2c(Cl)cccc2Cl)c2ccccc12. The van der Waals surface area contributed by atoms with Crippen LogP contribution in [0.5, 0.6) is 0 Å². The van der Waals surface area contributed by atoms with Crippen LogP contribution in [0.15, 0.2) is 127 Å². The van der Waals surface area contributed by atoms with Gasteiger partial charge in [-0.15, -0.1) is 0 Å². The summed E-state index contributed by atoms with van der Waals surface area (Å²) in [6.45, 7) is 1.05. The highest BCUT2D eigenvalue weighted by molar-refractivity contribution is 6.68. The number of amides is 2. The summed E-state index contributed by atoms with van der Waals surface area (Å²) in [6.07, 6.45) is 0. The maximum absolute atomic E-state index is 11.7. The number of fused-ring (bicyclic) bond motifs is 3. The number of hydrogen-bond acceptors (Lipinski definition) is 10. The average Bonchev–Trinajstić information content (AvgIpc) is 4.00. The van der Waals surface area contributed by atoms with Crippen LogP contribution in [0.3, 0.4) is 0 Å². The van der Waals surface area contributed by atoms with E-state index in [2.05, 4.69) is 21.2 Å². The van der Waals surface area contributed by atoms with Gasteiger partial charge >= 0.3 is 0 Å². The molecule has 0 spiro atoms. The number of halogens is 7. The summed E-state index contributed by atoms with van der Waals surface area (Å²) in [7, 11) is 0. The van der Waals surface area contributed by atoms with E-state index in [1.54, 1.807) is 86.3 Å². The summed E-state index contributed by atoms with van der Waals surface area (Å²) in [6, 6.07) is 37.9. The molecular formula is C45H39Cl7N10O6. The summed E-state index contributed by atoms with van der Waals surface area (Å²) in [5, 5.41) is 32.9. The van der Waals surface area contributed by atoms with Crippen LogP contribution in [0.25, 0.3) is 32.7 Å². The molecule has 0 saturated heterocycles. The van der Waals surface area contributed by atoms with Crippen LogP contribution in [0.1, 0.15) is 48.2 Å². The highest BCUT2D eigenvalue weighted by Crippen LogP contribution is 2.30. The number of nitrogens with two attached hydrogens (primary N) is 2. The van der Waals surface area contributed by atoms with Gasteiger partial charge in [0, 0.05) is 63.0 Å². The Kier molecular flexibility index (Phi) is 20.1. The first kappa shape index (κ1) is 54.8. The van der Waals surface area contributed by atoms with Crippen LogP contribution in [0.4, 0.5) is 0 Å². The van der Waals surface area contributed by atoms with E-state index in [0.717, 1.165) is 33.2 Å². The fraction of sp³-hybridized carbons (Fsp3) is 0.0667. The molecule has 0 aliphatic carbocycles. The normalized spacial score (nSPS) is 10.4. The van der Waals surface area contributed by atoms with Crippen molar-refractivity contribution in [2.75, 3.05) is 0 Å². The van der Waals surface area contributed by atoms with Crippen molar-refractivity contribution in [1.82, 2.24) is 41.0 Å². The smallest absolute Gasteiger partial charge is 0.295 e. The Morgan fingerprint density at radius 2 is 0.765 bits per heavy atom. The first-order chi connectivity index (χ1) is 31.8. The van der Waals surface area contributed by atoms with Crippen LogP contribution in [0.2, 0.25) is 30.1 Å². The molecule has 23 heteroatoms. The maximum atomic E-state index is 11.7. The Balaban J connectivity index is 0.000000215. The van der Waals surface area contributed by atoms with Gasteiger partial charge < -0.3 is 22.6 Å². The van der Waals surface area contributed by atoms with Crippen molar-refractivity contribution < 1.29 is 30.3 Å². The van der Waals surface area contributed by atoms with Gasteiger partial charge in [0.25, 0.3) is 17.1 Å². The summed E-state index contributed by atoms with van der Waals surface area (Å²) >= 11 is 42.7. The average molecular weight is 1060 g/mol. The fourth-order valence-corrected chi connectivity index (χ4v) is 8.48. The van der Waals surface area contributed by atoms with E-state index in [1.165, 1.54) is 0 Å². The number of nitrogens with zero attached hydrogens (tertiary/aromatic N) is 6. The molecule has 354 valence electrons. The number of aromatic nitrogens is 6. The van der Waals surface area contributed by atoms with E-state index in [-0.39, 0.29) is 28.7 Å². The number of carbonyl (C=O) groups is 3. The van der Waals surface area contributed by atoms with Gasteiger partial charge in [0.15, 0.2) is 17.1 Å². The maximum Gasteiger partial charge on any atom is 0.295 e. The zero-order valence-electron chi connectivity index (χ0n) is 35.1. The molecule has 9 aromatic rings. The van der Waals surface area contributed by atoms with Gasteiger partial charge in [0.2, 0.25) is 0 Å². The number of para-hydroxylation sites is 3. The van der Waals surface area contributed by atoms with Crippen molar-refractivity contribution >= 4 is 131 Å². The molecule has 0 atom stereocenters. The Labute approximate surface area is 422 Å². The molecule has 9 rings (SSSR count). The quantitative estimate of drug-likeness (QED) is 0.0452. The van der Waals surface area contributed by atoms with Crippen LogP contribution in [-0.2, 0) is 19.6 Å². The third-order valence-corrected chi connectivity index (χ3v) is 12.1. The standard InChI is InChI=1S/C15H9Cl3N2O.C15H11Cl2N3O2.C15H11Cl2N3O.H3NO.H3N.H2O/c16-11-5-3-6-12(17)10(11)8-20-13-7-2-1-4-9(13)14(19-20)15(18)21;16-11-5-3-6-12(17)10(11)8-20-13-7-2-1-4-9(13)14(18-20)15(21)19-22;16-11-5-3-6-12(17)10(11)8-20-13-7-2-1-4-9(13)14(19-20)15(18)21;1-2;;/h1-7H,8H2;1-7,22H,8H2,(H,19,21);1-7H,8H2,(H2,18,21);2H,1H2;1H3;1H2. The number of nitrogens with one attached hydrogen (secondary N) is 1. The second-order valence-corrected chi connectivity index (χ2v) is 16.5. The van der Waals surface area contributed by atoms with E-state index >= 15 is 0 Å². The molecule has 0 unspecified atom stereocenters. The van der Waals surface area contributed by atoms with E-state index < -0.39 is 17.1 Å². The first-order valence-corrected chi connectivity index (χ1v) is 21.8. The molecule has 3 heterocycles. The molecule has 16 nitrogen and oxygen atoms in total. The number of primary amides is 1. The largest absolute Gasteiger partial charge is 0.412 e. The highest BCUT2D eigenvalue weighted by Gasteiger charge is 2.20. The van der Waals surface area contributed by atoms with Crippen LogP contribution >= 0.6 is 81.2 Å². The van der Waals surface area contributed by atoms with E-state index in [9.17, 15) is 14.4 Å². The Morgan fingerprint density at radius 3 is 1.07 bits per heavy atom. The van der Waals surface area contributed by atoms with Gasteiger partial charge in [-0.3, -0.25) is 33.6 Å². The molecule has 2 amide bonds. The minimum Gasteiger partial charge on any atom is -0.412 e. The topological polar surface area (TPSA) is 276 Å². The minimum absolute atomic E-state index is 0. The van der Waals surface area contributed by atoms with Gasteiger partial charge in [-0.25, -0.2) is 11.4 Å². The zero-order chi connectivity index (χ0) is 47.7. The Hall–Kier alpha value is -5.83. The predicted octanol–water partition coefficient (Wildman–Crippen LogP) is 10.4. The van der Waals surface area contributed by atoms with E-state index in [0.29, 0.717) is 65.9 Å². The van der Waals surface area contributed by atoms with Crippen molar-refractivity contribution in [3.63, 3.8) is 0 Å². The van der Waals surface area contributed by atoms with Crippen molar-refractivity contribution in [2.24, 2.45) is 11.6 Å². The van der Waals surface area contributed by atoms with E-state index in [4.69, 9.17) is 97.4 Å². The van der Waals surface area contributed by atoms with Crippen LogP contribution < -0.4 is 23.3 Å². The molecule has 0 saturated carbocycles. The van der Waals surface area contributed by atoms with Gasteiger partial charge in [0.1, 0.15) is 0 Å². The van der Waals surface area contributed by atoms with E-state index in [1.807, 2.05) is 60.7 Å². The number of carbonyl (C=O) groups excluding carboxylic acids is 3. The summed E-state index contributed by atoms with van der Waals surface area (Å²) in [5.41, 5.74) is 12.2. The molecule has 0 bridgehead atoms. The monoisotopic (exact) mass is 1060 g/mol. The molecule has 12 N–H and O–H groups in total. The molecular weight excluding hydrogens is 1020 g/mol. The second-order valence-electron chi connectivity index (χ2n) is 13.7. The van der Waals surface area contributed by atoms with Crippen molar-refractivity contribution in [3.05, 3.63) is 191 Å². The second kappa shape index (κ2) is 25.0. The summed E-state index contributed by atoms with van der Waals surface area (Å²) in [4.78, 5) is 34.7. The van der Waals surface area contributed by atoms with Crippen LogP contribution in [0, 0.1) is 0 Å². The molecule has 3 aromatic heterocycles. The number of benzene rings is 6. The Morgan fingerprint density at radius 1 is 0.485 bits per heavy atom. The number of hydrogen-bond donors (Lipinski definition) is 6. The number of hydroxylamine groups is 1. The van der Waals surface area contributed by atoms with Gasteiger partial charge in [-0.2, -0.15) is 15.3 Å². The minimum atomic E-state index is -0.666. The third-order valence-electron chi connectivity index (χ3n) is 9.82. The van der Waals surface area contributed by atoms with Crippen LogP contribution in [-0.4, -0.2) is 62.3 Å². The lowest BCUT2D eigenvalue weighted by Crippen LogP contribution is -2.19. The van der Waals surface area contributed by atoms with Crippen molar-refractivity contribution in [2.45, 2.75) is 19.6 Å². The lowest BCUT2D eigenvalue weighted by atomic mass is 10.2. The van der Waals surface area contributed by atoms with Gasteiger partial charge in [-0.05, 0) is 66.2 Å². The van der Waals surface area contributed by atoms with Gasteiger partial charge in [-0.1, -0.05) is 142 Å². The highest BCUT2D eigenvalue weighted by atomic mass is 35.5. The van der Waals surface area contributed by atoms with Crippen molar-refractivity contribution in [1.29, 1.82) is 0 Å². The lowest BCUT2D eigenvalue weighted by molar-refractivity contribution is 0.0701. The summed E-state index contributed by atoms with van der Waals surface area (Å²) < 4.78 is 4.99. The molecule has 0 aliphatic rings. The molecule has 6 aromatic carbocycles. The lowest BCUT2D eigenvalue weighted by Gasteiger charge is -2.08. The number of rotatable bonds is 9. The van der Waals surface area contributed by atoms with Crippen molar-refractivity contribution in [3.8, 4) is 0 Å². The molecule has 0 radical (unpaired) electrons. The predicted molar refractivity (Wildman–Crippen MR) is 268 cm³/mol. The molecule has 68 heavy (non-hydrogen) atoms. The Bertz CT molecular complexity index is 3030. The first-order valence-electron chi connectivity index (χ1n) is 19.1. The summed E-state index contributed by atoms with van der Waals surface area (Å²) in [5.74, 6) is 2.27. The third kappa shape index (κ3) is 12.2. The van der Waals surface area contributed by atoms with Gasteiger partial charge in [0.05, 0.1) is 36.2 Å². The molecule has 0 aliphatic heterocycles.